The lowest BCUT2D eigenvalue weighted by Gasteiger charge is -2.52. The second kappa shape index (κ2) is 5.15. The predicted octanol–water partition coefficient (Wildman–Crippen LogP) is 1.50. The van der Waals surface area contributed by atoms with Crippen LogP contribution in [0.15, 0.2) is 0 Å². The lowest BCUT2D eigenvalue weighted by molar-refractivity contribution is -0.330. The Hall–Kier alpha value is -0.610. The molecule has 4 heteroatoms. The van der Waals surface area contributed by atoms with Crippen molar-refractivity contribution in [3.05, 3.63) is 0 Å². The van der Waals surface area contributed by atoms with Crippen LogP contribution < -0.4 is 0 Å². The fourth-order valence-corrected chi connectivity index (χ4v) is 2.43. The summed E-state index contributed by atoms with van der Waals surface area (Å²) in [5.41, 5.74) is 0. The summed E-state index contributed by atoms with van der Waals surface area (Å²) in [5, 5.41) is 0. The number of amides is 1. The van der Waals surface area contributed by atoms with Gasteiger partial charge in [0, 0.05) is 33.2 Å². The van der Waals surface area contributed by atoms with Gasteiger partial charge in [-0.2, -0.15) is 0 Å². The zero-order chi connectivity index (χ0) is 12.3. The number of ether oxygens (including phenoxy) is 2. The van der Waals surface area contributed by atoms with Crippen LogP contribution in [0.2, 0.25) is 0 Å². The SMILES string of the molecule is CCOC1(OCC)[C@H](C)C[C@H]1C(=O)N(C)C. The van der Waals surface area contributed by atoms with Gasteiger partial charge in [-0.1, -0.05) is 6.92 Å². The molecule has 0 unspecified atom stereocenters. The smallest absolute Gasteiger partial charge is 0.230 e. The molecule has 1 fully saturated rings. The molecule has 0 aromatic heterocycles. The van der Waals surface area contributed by atoms with Crippen molar-refractivity contribution in [3.8, 4) is 0 Å². The van der Waals surface area contributed by atoms with Crippen LogP contribution in [0.3, 0.4) is 0 Å². The summed E-state index contributed by atoms with van der Waals surface area (Å²) < 4.78 is 11.5. The topological polar surface area (TPSA) is 38.8 Å². The van der Waals surface area contributed by atoms with Crippen molar-refractivity contribution >= 4 is 5.91 Å². The maximum absolute atomic E-state index is 12.0. The van der Waals surface area contributed by atoms with E-state index in [1.807, 2.05) is 13.8 Å². The van der Waals surface area contributed by atoms with Gasteiger partial charge in [0.1, 0.15) is 0 Å². The van der Waals surface area contributed by atoms with E-state index in [0.29, 0.717) is 13.2 Å². The summed E-state index contributed by atoms with van der Waals surface area (Å²) >= 11 is 0. The van der Waals surface area contributed by atoms with Crippen molar-refractivity contribution < 1.29 is 14.3 Å². The second-order valence-electron chi connectivity index (χ2n) is 4.51. The van der Waals surface area contributed by atoms with E-state index in [0.717, 1.165) is 6.42 Å². The Morgan fingerprint density at radius 1 is 1.31 bits per heavy atom. The molecular formula is C12H23NO3. The molecule has 0 N–H and O–H groups in total. The van der Waals surface area contributed by atoms with Crippen LogP contribution >= 0.6 is 0 Å². The Balaban J connectivity index is 2.82. The number of rotatable bonds is 5. The predicted molar refractivity (Wildman–Crippen MR) is 61.9 cm³/mol. The molecule has 1 rings (SSSR count). The number of hydrogen-bond acceptors (Lipinski definition) is 3. The van der Waals surface area contributed by atoms with E-state index in [1.54, 1.807) is 19.0 Å². The van der Waals surface area contributed by atoms with E-state index in [1.165, 1.54) is 0 Å². The molecule has 0 aromatic carbocycles. The van der Waals surface area contributed by atoms with Gasteiger partial charge in [0.2, 0.25) is 5.91 Å². The molecule has 0 radical (unpaired) electrons. The van der Waals surface area contributed by atoms with Crippen LogP contribution in [0, 0.1) is 11.8 Å². The number of hydrogen-bond donors (Lipinski definition) is 0. The van der Waals surface area contributed by atoms with Crippen LogP contribution in [0.5, 0.6) is 0 Å². The van der Waals surface area contributed by atoms with E-state index in [2.05, 4.69) is 6.92 Å². The quantitative estimate of drug-likeness (QED) is 0.671. The minimum atomic E-state index is -0.690. The zero-order valence-electron chi connectivity index (χ0n) is 10.9. The molecule has 16 heavy (non-hydrogen) atoms. The van der Waals surface area contributed by atoms with E-state index in [4.69, 9.17) is 9.47 Å². The van der Waals surface area contributed by atoms with Crippen LogP contribution in [0.1, 0.15) is 27.2 Å². The van der Waals surface area contributed by atoms with Gasteiger partial charge >= 0.3 is 0 Å². The molecule has 2 atom stereocenters. The van der Waals surface area contributed by atoms with Crippen LogP contribution in [0.25, 0.3) is 0 Å². The molecule has 94 valence electrons. The summed E-state index contributed by atoms with van der Waals surface area (Å²) in [6.45, 7) is 7.08. The Bertz CT molecular complexity index is 247. The Morgan fingerprint density at radius 3 is 2.12 bits per heavy atom. The van der Waals surface area contributed by atoms with Crippen molar-refractivity contribution in [2.24, 2.45) is 11.8 Å². The van der Waals surface area contributed by atoms with Crippen molar-refractivity contribution in [2.75, 3.05) is 27.3 Å². The van der Waals surface area contributed by atoms with Crippen molar-refractivity contribution in [1.29, 1.82) is 0 Å². The summed E-state index contributed by atoms with van der Waals surface area (Å²) in [7, 11) is 3.54. The highest BCUT2D eigenvalue weighted by molar-refractivity contribution is 5.80. The van der Waals surface area contributed by atoms with E-state index >= 15 is 0 Å². The van der Waals surface area contributed by atoms with Gasteiger partial charge < -0.3 is 14.4 Å². The molecule has 0 spiro atoms. The largest absolute Gasteiger partial charge is 0.349 e. The molecular weight excluding hydrogens is 206 g/mol. The van der Waals surface area contributed by atoms with Gasteiger partial charge in [-0.25, -0.2) is 0 Å². The van der Waals surface area contributed by atoms with Crippen LogP contribution in [-0.4, -0.2) is 43.9 Å². The average Bonchev–Trinajstić information content (AvgIpc) is 2.24. The Kier molecular flexibility index (Phi) is 4.33. The van der Waals surface area contributed by atoms with E-state index in [9.17, 15) is 4.79 Å². The average molecular weight is 229 g/mol. The standard InChI is InChI=1S/C12H23NO3/c1-6-15-12(16-7-2)9(3)8-10(12)11(14)13(4)5/h9-10H,6-8H2,1-5H3/t9-,10+/m1/s1. The third-order valence-corrected chi connectivity index (χ3v) is 3.24. The first-order chi connectivity index (χ1) is 7.49. The molecule has 4 nitrogen and oxygen atoms in total. The molecule has 1 amide bonds. The van der Waals surface area contributed by atoms with Crippen molar-refractivity contribution in [1.82, 2.24) is 4.90 Å². The molecule has 1 aliphatic carbocycles. The van der Waals surface area contributed by atoms with Gasteiger partial charge in [0.05, 0.1) is 5.92 Å². The Morgan fingerprint density at radius 2 is 1.81 bits per heavy atom. The summed E-state index contributed by atoms with van der Waals surface area (Å²) in [6.07, 6.45) is 0.844. The van der Waals surface area contributed by atoms with Gasteiger partial charge in [-0.3, -0.25) is 4.79 Å². The molecule has 0 aromatic rings. The molecule has 0 saturated heterocycles. The number of nitrogens with zero attached hydrogens (tertiary/aromatic N) is 1. The molecule has 0 aliphatic heterocycles. The van der Waals surface area contributed by atoms with Gasteiger partial charge in [0.25, 0.3) is 0 Å². The summed E-state index contributed by atoms with van der Waals surface area (Å²) in [4.78, 5) is 13.6. The third kappa shape index (κ3) is 2.09. The fraction of sp³-hybridized carbons (Fsp3) is 0.917. The molecule has 1 saturated carbocycles. The first kappa shape index (κ1) is 13.5. The minimum absolute atomic E-state index is 0.0972. The first-order valence-corrected chi connectivity index (χ1v) is 5.98. The summed E-state index contributed by atoms with van der Waals surface area (Å²) in [5.74, 6) is -0.469. The molecule has 1 aliphatic rings. The van der Waals surface area contributed by atoms with E-state index in [-0.39, 0.29) is 17.7 Å². The highest BCUT2D eigenvalue weighted by atomic mass is 16.7. The van der Waals surface area contributed by atoms with Gasteiger partial charge in [-0.15, -0.1) is 0 Å². The third-order valence-electron chi connectivity index (χ3n) is 3.24. The van der Waals surface area contributed by atoms with Crippen LogP contribution in [-0.2, 0) is 14.3 Å². The molecule has 0 bridgehead atoms. The monoisotopic (exact) mass is 229 g/mol. The first-order valence-electron chi connectivity index (χ1n) is 5.98. The maximum Gasteiger partial charge on any atom is 0.230 e. The Labute approximate surface area is 97.9 Å². The fourth-order valence-electron chi connectivity index (χ4n) is 2.43. The highest BCUT2D eigenvalue weighted by Gasteiger charge is 2.58. The number of carbonyl (C=O) groups is 1. The second-order valence-corrected chi connectivity index (χ2v) is 4.51. The van der Waals surface area contributed by atoms with Crippen molar-refractivity contribution in [3.63, 3.8) is 0 Å². The highest BCUT2D eigenvalue weighted by Crippen LogP contribution is 2.48. The lowest BCUT2D eigenvalue weighted by Crippen LogP contribution is -2.63. The van der Waals surface area contributed by atoms with E-state index < -0.39 is 5.79 Å². The maximum atomic E-state index is 12.0. The van der Waals surface area contributed by atoms with Gasteiger partial charge in [0.15, 0.2) is 5.79 Å². The normalized spacial score (nSPS) is 27.3. The summed E-state index contributed by atoms with van der Waals surface area (Å²) in [6, 6.07) is 0. The van der Waals surface area contributed by atoms with Crippen molar-refractivity contribution in [2.45, 2.75) is 33.0 Å². The lowest BCUT2D eigenvalue weighted by atomic mass is 9.68. The molecule has 0 heterocycles. The van der Waals surface area contributed by atoms with Gasteiger partial charge in [-0.05, 0) is 20.3 Å². The van der Waals surface area contributed by atoms with Crippen LogP contribution in [0.4, 0.5) is 0 Å². The number of carbonyl (C=O) groups excluding carboxylic acids is 1. The zero-order valence-corrected chi connectivity index (χ0v) is 10.9. The minimum Gasteiger partial charge on any atom is -0.349 e.